The lowest BCUT2D eigenvalue weighted by Crippen LogP contribution is -2.42. The summed E-state index contributed by atoms with van der Waals surface area (Å²) in [6, 6.07) is 0. The summed E-state index contributed by atoms with van der Waals surface area (Å²) in [5.41, 5.74) is 0. The molecule has 0 amide bonds. The Morgan fingerprint density at radius 1 is 1.83 bits per heavy atom. The van der Waals surface area contributed by atoms with E-state index in [1.807, 2.05) is 6.92 Å². The third kappa shape index (κ3) is 2.79. The summed E-state index contributed by atoms with van der Waals surface area (Å²) >= 11 is 0. The Morgan fingerprint density at radius 3 is 3.08 bits per heavy atom. The van der Waals surface area contributed by atoms with Crippen molar-refractivity contribution in [3.8, 4) is 0 Å². The molecule has 0 aromatic carbocycles. The van der Waals surface area contributed by atoms with Gasteiger partial charge < -0.3 is 15.2 Å². The number of aliphatic carboxylic acids is 1. The monoisotopic (exact) mass is 173 g/mol. The first-order valence-electron chi connectivity index (χ1n) is 4.24. The van der Waals surface area contributed by atoms with E-state index in [0.29, 0.717) is 6.61 Å². The molecule has 2 atom stereocenters. The highest BCUT2D eigenvalue weighted by Gasteiger charge is 2.22. The minimum atomic E-state index is -0.753. The van der Waals surface area contributed by atoms with Crippen LogP contribution in [0.5, 0.6) is 0 Å². The third-order valence-electron chi connectivity index (χ3n) is 2.09. The average Bonchev–Trinajstić information content (AvgIpc) is 2.05. The van der Waals surface area contributed by atoms with Crippen LogP contribution in [0.1, 0.15) is 13.3 Å². The van der Waals surface area contributed by atoms with Crippen LogP contribution in [0.3, 0.4) is 0 Å². The fourth-order valence-electron chi connectivity index (χ4n) is 1.36. The highest BCUT2D eigenvalue weighted by molar-refractivity contribution is 5.67. The first-order chi connectivity index (χ1) is 5.70. The second-order valence-electron chi connectivity index (χ2n) is 3.19. The topological polar surface area (TPSA) is 58.6 Å². The third-order valence-corrected chi connectivity index (χ3v) is 2.09. The van der Waals surface area contributed by atoms with Gasteiger partial charge in [0.25, 0.3) is 0 Å². The van der Waals surface area contributed by atoms with Gasteiger partial charge in [-0.05, 0) is 5.92 Å². The van der Waals surface area contributed by atoms with Crippen LogP contribution in [0.4, 0.5) is 0 Å². The zero-order valence-corrected chi connectivity index (χ0v) is 7.25. The molecule has 1 rings (SSSR count). The van der Waals surface area contributed by atoms with Gasteiger partial charge in [-0.15, -0.1) is 0 Å². The van der Waals surface area contributed by atoms with E-state index in [-0.39, 0.29) is 18.4 Å². The maximum atomic E-state index is 10.4. The van der Waals surface area contributed by atoms with Gasteiger partial charge in [0.05, 0.1) is 19.1 Å². The minimum absolute atomic E-state index is 0.0647. The second-order valence-corrected chi connectivity index (χ2v) is 3.19. The summed E-state index contributed by atoms with van der Waals surface area (Å²) in [6.45, 7) is 4.24. The van der Waals surface area contributed by atoms with Gasteiger partial charge in [-0.25, -0.2) is 0 Å². The molecular formula is C8H15NO3. The first-order valence-corrected chi connectivity index (χ1v) is 4.24. The molecule has 70 valence electrons. The van der Waals surface area contributed by atoms with E-state index < -0.39 is 5.97 Å². The summed E-state index contributed by atoms with van der Waals surface area (Å²) in [5.74, 6) is -0.660. The van der Waals surface area contributed by atoms with Crippen LogP contribution in [0.25, 0.3) is 0 Å². The number of carbonyl (C=O) groups is 1. The van der Waals surface area contributed by atoms with Gasteiger partial charge in [0.1, 0.15) is 0 Å². The van der Waals surface area contributed by atoms with E-state index in [1.54, 1.807) is 0 Å². The molecular weight excluding hydrogens is 158 g/mol. The zero-order valence-electron chi connectivity index (χ0n) is 7.25. The van der Waals surface area contributed by atoms with Crippen molar-refractivity contribution in [1.29, 1.82) is 0 Å². The van der Waals surface area contributed by atoms with Gasteiger partial charge in [0.15, 0.2) is 0 Å². The van der Waals surface area contributed by atoms with Crippen molar-refractivity contribution in [3.05, 3.63) is 0 Å². The molecule has 2 N–H and O–H groups in total. The number of carboxylic acid groups (broad SMARTS) is 1. The Labute approximate surface area is 71.9 Å². The van der Waals surface area contributed by atoms with Gasteiger partial charge in [0.2, 0.25) is 0 Å². The Morgan fingerprint density at radius 2 is 2.58 bits per heavy atom. The lowest BCUT2D eigenvalue weighted by molar-refractivity contribution is -0.139. The van der Waals surface area contributed by atoms with Crippen molar-refractivity contribution in [1.82, 2.24) is 5.32 Å². The van der Waals surface area contributed by atoms with Crippen LogP contribution in [-0.4, -0.2) is 36.9 Å². The van der Waals surface area contributed by atoms with E-state index in [9.17, 15) is 4.79 Å². The maximum absolute atomic E-state index is 10.4. The standard InChI is InChI=1S/C8H15NO3/c1-6(4-8(10)11)7-5-9-2-3-12-7/h6-7,9H,2-5H2,1H3,(H,10,11). The van der Waals surface area contributed by atoms with Crippen LogP contribution in [-0.2, 0) is 9.53 Å². The fourth-order valence-corrected chi connectivity index (χ4v) is 1.36. The van der Waals surface area contributed by atoms with Crippen molar-refractivity contribution in [2.75, 3.05) is 19.7 Å². The second kappa shape index (κ2) is 4.42. The highest BCUT2D eigenvalue weighted by Crippen LogP contribution is 2.12. The number of rotatable bonds is 3. The Kier molecular flexibility index (Phi) is 3.49. The molecule has 0 bridgehead atoms. The molecule has 1 fully saturated rings. The number of carboxylic acids is 1. The van der Waals surface area contributed by atoms with Crippen LogP contribution < -0.4 is 5.32 Å². The van der Waals surface area contributed by atoms with Crippen LogP contribution in [0, 0.1) is 5.92 Å². The molecule has 0 saturated carbocycles. The van der Waals surface area contributed by atoms with Crippen LogP contribution >= 0.6 is 0 Å². The molecule has 1 aliphatic heterocycles. The summed E-state index contributed by atoms with van der Waals surface area (Å²) in [6.07, 6.45) is 0.252. The average molecular weight is 173 g/mol. The molecule has 4 nitrogen and oxygen atoms in total. The Bertz CT molecular complexity index is 154. The van der Waals surface area contributed by atoms with E-state index in [2.05, 4.69) is 5.32 Å². The lowest BCUT2D eigenvalue weighted by atomic mass is 10.0. The van der Waals surface area contributed by atoms with Crippen molar-refractivity contribution in [3.63, 3.8) is 0 Å². The van der Waals surface area contributed by atoms with Gasteiger partial charge in [-0.3, -0.25) is 4.79 Å². The summed E-state index contributed by atoms with van der Waals surface area (Å²) in [5, 5.41) is 11.7. The van der Waals surface area contributed by atoms with Gasteiger partial charge in [0, 0.05) is 13.1 Å². The van der Waals surface area contributed by atoms with Gasteiger partial charge in [-0.2, -0.15) is 0 Å². The molecule has 4 heteroatoms. The Balaban J connectivity index is 2.29. The lowest BCUT2D eigenvalue weighted by Gasteiger charge is -2.27. The molecule has 1 heterocycles. The number of morpholine rings is 1. The molecule has 0 radical (unpaired) electrons. The minimum Gasteiger partial charge on any atom is -0.481 e. The fraction of sp³-hybridized carbons (Fsp3) is 0.875. The molecule has 1 saturated heterocycles. The van der Waals surface area contributed by atoms with E-state index in [1.165, 1.54) is 0 Å². The van der Waals surface area contributed by atoms with E-state index in [4.69, 9.17) is 9.84 Å². The molecule has 0 aromatic rings. The maximum Gasteiger partial charge on any atom is 0.303 e. The normalized spacial score (nSPS) is 26.6. The smallest absolute Gasteiger partial charge is 0.303 e. The Hall–Kier alpha value is -0.610. The van der Waals surface area contributed by atoms with Crippen LogP contribution in [0.15, 0.2) is 0 Å². The molecule has 1 aliphatic rings. The SMILES string of the molecule is CC(CC(=O)O)C1CNCCO1. The number of nitrogens with one attached hydrogen (secondary N) is 1. The van der Waals surface area contributed by atoms with Crippen LogP contribution in [0.2, 0.25) is 0 Å². The predicted octanol–water partition coefficient (Wildman–Crippen LogP) is 0.0856. The molecule has 2 unspecified atom stereocenters. The summed E-state index contributed by atoms with van der Waals surface area (Å²) < 4.78 is 5.41. The number of ether oxygens (including phenoxy) is 1. The predicted molar refractivity (Wildman–Crippen MR) is 44.0 cm³/mol. The van der Waals surface area contributed by atoms with Crippen molar-refractivity contribution < 1.29 is 14.6 Å². The number of hydrogen-bond donors (Lipinski definition) is 2. The van der Waals surface area contributed by atoms with E-state index in [0.717, 1.165) is 13.1 Å². The zero-order chi connectivity index (χ0) is 8.97. The van der Waals surface area contributed by atoms with Crippen molar-refractivity contribution in [2.24, 2.45) is 5.92 Å². The molecule has 0 aliphatic carbocycles. The quantitative estimate of drug-likeness (QED) is 0.635. The van der Waals surface area contributed by atoms with E-state index >= 15 is 0 Å². The van der Waals surface area contributed by atoms with Crippen molar-refractivity contribution >= 4 is 5.97 Å². The molecule has 0 aromatic heterocycles. The van der Waals surface area contributed by atoms with Crippen molar-refractivity contribution in [2.45, 2.75) is 19.4 Å². The van der Waals surface area contributed by atoms with Gasteiger partial charge >= 0.3 is 5.97 Å². The summed E-state index contributed by atoms with van der Waals surface area (Å²) in [4.78, 5) is 10.4. The molecule has 0 spiro atoms. The molecule has 12 heavy (non-hydrogen) atoms. The highest BCUT2D eigenvalue weighted by atomic mass is 16.5. The number of hydrogen-bond acceptors (Lipinski definition) is 3. The summed E-state index contributed by atoms with van der Waals surface area (Å²) in [7, 11) is 0. The van der Waals surface area contributed by atoms with Gasteiger partial charge in [-0.1, -0.05) is 6.92 Å². The first kappa shape index (κ1) is 9.48. The largest absolute Gasteiger partial charge is 0.481 e.